The topological polar surface area (TPSA) is 119 Å². The number of carbonyl (C=O) groups excluding carboxylic acids is 5. The molecule has 0 unspecified atom stereocenters. The molecule has 3 atom stereocenters. The SMILES string of the molecule is COC(=O)c1ccc(NC(=O)COC(=O)c2ccc(N3C(=O)[C@H]4C[C@@H](c5ccccc5)CC[C@H]4C3=O)cc2)cc1. The maximum atomic E-state index is 13.3. The normalized spacial score (nSPS) is 20.0. The van der Waals surface area contributed by atoms with E-state index in [-0.39, 0.29) is 35.1 Å². The zero-order valence-corrected chi connectivity index (χ0v) is 21.9. The lowest BCUT2D eigenvalue weighted by atomic mass is 9.73. The zero-order valence-electron chi connectivity index (χ0n) is 21.9. The highest BCUT2D eigenvalue weighted by atomic mass is 16.5. The van der Waals surface area contributed by atoms with Crippen LogP contribution in [-0.4, -0.2) is 43.4 Å². The quantitative estimate of drug-likeness (QED) is 0.350. The standard InChI is InChI=1S/C31H28N2O7/c1-39-30(37)20-7-12-23(13-8-20)32-27(34)18-40-31(38)21-9-14-24(15-10-21)33-28(35)25-16-11-22(17-26(25)29(33)36)19-5-3-2-4-6-19/h2-10,12-15,22,25-26H,11,16-18H2,1H3,(H,32,34)/t22-,25+,26-/m0/s1. The van der Waals surface area contributed by atoms with Crippen molar-refractivity contribution in [2.45, 2.75) is 25.2 Å². The van der Waals surface area contributed by atoms with Gasteiger partial charge in [-0.15, -0.1) is 0 Å². The lowest BCUT2D eigenvalue weighted by Crippen LogP contribution is -2.30. The van der Waals surface area contributed by atoms with Crippen LogP contribution in [0.5, 0.6) is 0 Å². The van der Waals surface area contributed by atoms with Gasteiger partial charge < -0.3 is 14.8 Å². The van der Waals surface area contributed by atoms with E-state index in [0.717, 1.165) is 6.42 Å². The number of esters is 2. The Balaban J connectivity index is 1.16. The molecule has 3 aromatic carbocycles. The summed E-state index contributed by atoms with van der Waals surface area (Å²) in [5.74, 6) is -2.62. The number of methoxy groups -OCH3 is 1. The molecule has 1 saturated carbocycles. The van der Waals surface area contributed by atoms with Crippen molar-refractivity contribution in [3.8, 4) is 0 Å². The number of nitrogens with zero attached hydrogens (tertiary/aromatic N) is 1. The largest absolute Gasteiger partial charge is 0.465 e. The minimum absolute atomic E-state index is 0.180. The second-order valence-corrected chi connectivity index (χ2v) is 9.89. The first-order valence-electron chi connectivity index (χ1n) is 13.0. The van der Waals surface area contributed by atoms with Gasteiger partial charge in [-0.1, -0.05) is 30.3 Å². The maximum absolute atomic E-state index is 13.3. The van der Waals surface area contributed by atoms with Crippen LogP contribution in [0.15, 0.2) is 78.9 Å². The van der Waals surface area contributed by atoms with Gasteiger partial charge in [0.25, 0.3) is 5.91 Å². The van der Waals surface area contributed by atoms with Crippen LogP contribution in [0.3, 0.4) is 0 Å². The van der Waals surface area contributed by atoms with E-state index >= 15 is 0 Å². The number of hydrogen-bond donors (Lipinski definition) is 1. The van der Waals surface area contributed by atoms with Gasteiger partial charge in [-0.2, -0.15) is 0 Å². The molecule has 0 radical (unpaired) electrons. The summed E-state index contributed by atoms with van der Waals surface area (Å²) in [6.45, 7) is -0.519. The number of nitrogens with one attached hydrogen (secondary N) is 1. The van der Waals surface area contributed by atoms with E-state index in [1.54, 1.807) is 12.1 Å². The number of fused-ring (bicyclic) bond motifs is 1. The van der Waals surface area contributed by atoms with Gasteiger partial charge in [0.1, 0.15) is 0 Å². The lowest BCUT2D eigenvalue weighted by Gasteiger charge is -2.28. The van der Waals surface area contributed by atoms with Crippen molar-refractivity contribution in [3.63, 3.8) is 0 Å². The van der Waals surface area contributed by atoms with Crippen LogP contribution in [0.25, 0.3) is 0 Å². The van der Waals surface area contributed by atoms with Crippen molar-refractivity contribution in [1.82, 2.24) is 0 Å². The minimum atomic E-state index is -0.721. The number of hydrogen-bond acceptors (Lipinski definition) is 7. The van der Waals surface area contributed by atoms with Crippen molar-refractivity contribution < 1.29 is 33.4 Å². The van der Waals surface area contributed by atoms with Crippen LogP contribution in [0.4, 0.5) is 11.4 Å². The molecule has 0 spiro atoms. The molecule has 204 valence electrons. The first kappa shape index (κ1) is 26.8. The van der Waals surface area contributed by atoms with Crippen LogP contribution in [0.2, 0.25) is 0 Å². The summed E-state index contributed by atoms with van der Waals surface area (Å²) in [5, 5.41) is 2.58. The van der Waals surface area contributed by atoms with E-state index in [9.17, 15) is 24.0 Å². The zero-order chi connectivity index (χ0) is 28.2. The van der Waals surface area contributed by atoms with Gasteiger partial charge >= 0.3 is 11.9 Å². The molecular weight excluding hydrogens is 512 g/mol. The van der Waals surface area contributed by atoms with E-state index in [0.29, 0.717) is 29.8 Å². The number of anilines is 2. The Morgan fingerprint density at radius 3 is 2.10 bits per heavy atom. The molecule has 3 aromatic rings. The summed E-state index contributed by atoms with van der Waals surface area (Å²) in [5.41, 5.74) is 2.54. The van der Waals surface area contributed by atoms with Gasteiger partial charge in [0.2, 0.25) is 11.8 Å². The molecule has 1 saturated heterocycles. The predicted octanol–water partition coefficient (Wildman–Crippen LogP) is 4.34. The Kier molecular flexibility index (Phi) is 7.72. The predicted molar refractivity (Wildman–Crippen MR) is 146 cm³/mol. The fraction of sp³-hybridized carbons (Fsp3) is 0.258. The summed E-state index contributed by atoms with van der Waals surface area (Å²) >= 11 is 0. The number of benzene rings is 3. The van der Waals surface area contributed by atoms with E-state index in [2.05, 4.69) is 22.2 Å². The Morgan fingerprint density at radius 1 is 0.800 bits per heavy atom. The highest BCUT2D eigenvalue weighted by molar-refractivity contribution is 6.22. The summed E-state index contributed by atoms with van der Waals surface area (Å²) in [6, 6.07) is 22.2. The van der Waals surface area contributed by atoms with Crippen molar-refractivity contribution in [3.05, 3.63) is 95.6 Å². The molecule has 3 amide bonds. The van der Waals surface area contributed by atoms with Crippen molar-refractivity contribution in [2.75, 3.05) is 23.9 Å². The Hall–Kier alpha value is -4.79. The van der Waals surface area contributed by atoms with Crippen LogP contribution >= 0.6 is 0 Å². The summed E-state index contributed by atoms with van der Waals surface area (Å²) < 4.78 is 9.74. The highest BCUT2D eigenvalue weighted by Gasteiger charge is 2.50. The molecule has 2 aliphatic rings. The van der Waals surface area contributed by atoms with Crippen molar-refractivity contribution in [2.24, 2.45) is 11.8 Å². The molecule has 0 bridgehead atoms. The highest BCUT2D eigenvalue weighted by Crippen LogP contribution is 2.45. The Bertz CT molecular complexity index is 1430. The molecule has 9 nitrogen and oxygen atoms in total. The smallest absolute Gasteiger partial charge is 0.338 e. The van der Waals surface area contributed by atoms with Crippen molar-refractivity contribution in [1.29, 1.82) is 0 Å². The molecule has 9 heteroatoms. The summed E-state index contributed by atoms with van der Waals surface area (Å²) in [4.78, 5) is 63.9. The second kappa shape index (κ2) is 11.5. The summed E-state index contributed by atoms with van der Waals surface area (Å²) in [7, 11) is 1.28. The molecule has 2 fully saturated rings. The number of ether oxygens (including phenoxy) is 2. The Morgan fingerprint density at radius 2 is 1.43 bits per heavy atom. The average molecular weight is 541 g/mol. The number of amides is 3. The molecule has 1 aliphatic heterocycles. The maximum Gasteiger partial charge on any atom is 0.338 e. The van der Waals surface area contributed by atoms with Gasteiger partial charge in [0.05, 0.1) is 35.8 Å². The second-order valence-electron chi connectivity index (χ2n) is 9.89. The van der Waals surface area contributed by atoms with Crippen LogP contribution in [0.1, 0.15) is 51.5 Å². The minimum Gasteiger partial charge on any atom is -0.465 e. The number of imide groups is 1. The average Bonchev–Trinajstić information content (AvgIpc) is 3.25. The fourth-order valence-corrected chi connectivity index (χ4v) is 5.43. The van der Waals surface area contributed by atoms with E-state index in [1.165, 1.54) is 54.0 Å². The third-order valence-corrected chi connectivity index (χ3v) is 7.48. The van der Waals surface area contributed by atoms with Gasteiger partial charge in [-0.25, -0.2) is 9.59 Å². The van der Waals surface area contributed by atoms with E-state index in [1.807, 2.05) is 18.2 Å². The molecule has 5 rings (SSSR count). The van der Waals surface area contributed by atoms with Crippen LogP contribution in [-0.2, 0) is 23.9 Å². The molecule has 40 heavy (non-hydrogen) atoms. The molecular formula is C31H28N2O7. The third kappa shape index (κ3) is 5.49. The Labute approximate surface area is 231 Å². The van der Waals surface area contributed by atoms with Gasteiger partial charge in [0.15, 0.2) is 6.61 Å². The number of carbonyl (C=O) groups is 5. The van der Waals surface area contributed by atoms with Crippen LogP contribution < -0.4 is 10.2 Å². The van der Waals surface area contributed by atoms with Gasteiger partial charge in [-0.3, -0.25) is 19.3 Å². The molecule has 1 heterocycles. The van der Waals surface area contributed by atoms with E-state index < -0.39 is 24.5 Å². The van der Waals surface area contributed by atoms with Gasteiger partial charge in [-0.05, 0) is 79.3 Å². The summed E-state index contributed by atoms with van der Waals surface area (Å²) in [6.07, 6.45) is 2.15. The first-order valence-corrected chi connectivity index (χ1v) is 13.0. The number of rotatable bonds is 7. The molecule has 0 aromatic heterocycles. The van der Waals surface area contributed by atoms with E-state index in [4.69, 9.17) is 4.74 Å². The third-order valence-electron chi connectivity index (χ3n) is 7.48. The van der Waals surface area contributed by atoms with Crippen molar-refractivity contribution >= 4 is 41.0 Å². The van der Waals surface area contributed by atoms with Crippen LogP contribution in [0, 0.1) is 11.8 Å². The first-order chi connectivity index (χ1) is 19.4. The van der Waals surface area contributed by atoms with Gasteiger partial charge in [0, 0.05) is 5.69 Å². The lowest BCUT2D eigenvalue weighted by molar-refractivity contribution is -0.122. The monoisotopic (exact) mass is 540 g/mol. The fourth-order valence-electron chi connectivity index (χ4n) is 5.43. The molecule has 1 N–H and O–H groups in total. The molecule has 1 aliphatic carbocycles.